The minimum atomic E-state index is 0.666. The van der Waals surface area contributed by atoms with Crippen molar-refractivity contribution < 1.29 is 0 Å². The minimum Gasteiger partial charge on any atom is -0.368 e. The Kier molecular flexibility index (Phi) is 3.76. The van der Waals surface area contributed by atoms with E-state index < -0.39 is 0 Å². The summed E-state index contributed by atoms with van der Waals surface area (Å²) in [7, 11) is 0. The fraction of sp³-hybridized carbons (Fsp3) is 0.353. The normalized spacial score (nSPS) is 15.3. The first-order valence-electron chi connectivity index (χ1n) is 8.07. The molecule has 2 aromatic heterocycles. The van der Waals surface area contributed by atoms with Gasteiger partial charge in [-0.3, -0.25) is 0 Å². The number of halogens is 1. The lowest BCUT2D eigenvalue weighted by molar-refractivity contribution is 0.638. The van der Waals surface area contributed by atoms with Gasteiger partial charge in [-0.05, 0) is 32.0 Å². The van der Waals surface area contributed by atoms with Gasteiger partial charge in [0.1, 0.15) is 11.6 Å². The summed E-state index contributed by atoms with van der Waals surface area (Å²) in [5, 5.41) is 5.27. The van der Waals surface area contributed by atoms with Crippen molar-refractivity contribution in [2.75, 3.05) is 36.0 Å². The molecule has 6 nitrogen and oxygen atoms in total. The Hall–Kier alpha value is -2.34. The van der Waals surface area contributed by atoms with Crippen LogP contribution >= 0.6 is 11.6 Å². The van der Waals surface area contributed by atoms with Crippen molar-refractivity contribution in [1.82, 2.24) is 19.6 Å². The minimum absolute atomic E-state index is 0.666. The van der Waals surface area contributed by atoms with Crippen LogP contribution in [0.5, 0.6) is 0 Å². The molecule has 4 rings (SSSR count). The highest BCUT2D eigenvalue weighted by Gasteiger charge is 2.21. The summed E-state index contributed by atoms with van der Waals surface area (Å²) in [6.07, 6.45) is 0. The molecule has 0 N–H and O–H groups in total. The zero-order chi connectivity index (χ0) is 16.7. The summed E-state index contributed by atoms with van der Waals surface area (Å²) in [4.78, 5) is 13.6. The molecule has 0 bridgehead atoms. The van der Waals surface area contributed by atoms with Crippen LogP contribution in [-0.4, -0.2) is 45.8 Å². The van der Waals surface area contributed by atoms with Gasteiger partial charge in [-0.1, -0.05) is 17.7 Å². The Morgan fingerprint density at radius 3 is 2.46 bits per heavy atom. The van der Waals surface area contributed by atoms with Gasteiger partial charge in [0.2, 0.25) is 0 Å². The zero-order valence-electron chi connectivity index (χ0n) is 13.8. The molecule has 0 spiro atoms. The van der Waals surface area contributed by atoms with Crippen LogP contribution < -0.4 is 9.80 Å². The Balaban J connectivity index is 1.58. The molecule has 0 atom stereocenters. The first kappa shape index (κ1) is 15.2. The van der Waals surface area contributed by atoms with Gasteiger partial charge < -0.3 is 9.80 Å². The molecule has 1 aliphatic heterocycles. The fourth-order valence-electron chi connectivity index (χ4n) is 3.16. The molecule has 0 amide bonds. The molecule has 3 aromatic rings. The highest BCUT2D eigenvalue weighted by molar-refractivity contribution is 6.30. The summed E-state index contributed by atoms with van der Waals surface area (Å²) in [6.45, 7) is 7.61. The summed E-state index contributed by atoms with van der Waals surface area (Å²) < 4.78 is 1.84. The maximum absolute atomic E-state index is 6.11. The van der Waals surface area contributed by atoms with Crippen LogP contribution in [0.2, 0.25) is 5.02 Å². The van der Waals surface area contributed by atoms with E-state index in [1.54, 1.807) is 0 Å². The summed E-state index contributed by atoms with van der Waals surface area (Å²) in [6, 6.07) is 10.1. The molecule has 124 valence electrons. The maximum atomic E-state index is 6.11. The molecule has 0 saturated carbocycles. The standard InChI is InChI=1S/C17H19ClN6/c1-12-10-16(24-17(19-12)20-13(2)21-24)23-8-6-22(7-9-23)15-5-3-4-14(18)11-15/h3-5,10-11H,6-9H2,1-2H3. The average Bonchev–Trinajstić information content (AvgIpc) is 2.94. The number of aryl methyl sites for hydroxylation is 2. The number of anilines is 2. The number of benzene rings is 1. The van der Waals surface area contributed by atoms with Crippen LogP contribution in [0.3, 0.4) is 0 Å². The lowest BCUT2D eigenvalue weighted by atomic mass is 10.2. The van der Waals surface area contributed by atoms with Crippen LogP contribution in [0.4, 0.5) is 11.5 Å². The molecule has 1 aromatic carbocycles. The SMILES string of the molecule is Cc1cc(N2CCN(c3cccc(Cl)c3)CC2)n2nc(C)nc2n1. The number of fused-ring (bicyclic) bond motifs is 1. The van der Waals surface area contributed by atoms with Gasteiger partial charge in [-0.15, -0.1) is 5.10 Å². The van der Waals surface area contributed by atoms with Crippen molar-refractivity contribution >= 4 is 28.9 Å². The first-order valence-corrected chi connectivity index (χ1v) is 8.44. The third-order valence-corrected chi connectivity index (χ3v) is 4.54. The second-order valence-corrected chi connectivity index (χ2v) is 6.52. The number of rotatable bonds is 2. The molecule has 0 radical (unpaired) electrons. The quantitative estimate of drug-likeness (QED) is 0.716. The Bertz CT molecular complexity index is 882. The highest BCUT2D eigenvalue weighted by Crippen LogP contribution is 2.23. The van der Waals surface area contributed by atoms with Gasteiger partial charge in [0.05, 0.1) is 0 Å². The van der Waals surface area contributed by atoms with E-state index in [-0.39, 0.29) is 0 Å². The first-order chi connectivity index (χ1) is 11.6. The third-order valence-electron chi connectivity index (χ3n) is 4.30. The fourth-order valence-corrected chi connectivity index (χ4v) is 3.34. The number of aromatic nitrogens is 4. The number of hydrogen-bond donors (Lipinski definition) is 0. The van der Waals surface area contributed by atoms with Crippen molar-refractivity contribution in [1.29, 1.82) is 0 Å². The van der Waals surface area contributed by atoms with Crippen LogP contribution in [0.15, 0.2) is 30.3 Å². The van der Waals surface area contributed by atoms with E-state index in [1.165, 1.54) is 5.69 Å². The van der Waals surface area contributed by atoms with E-state index in [1.807, 2.05) is 36.6 Å². The molecule has 24 heavy (non-hydrogen) atoms. The van der Waals surface area contributed by atoms with Crippen molar-refractivity contribution in [2.24, 2.45) is 0 Å². The van der Waals surface area contributed by atoms with E-state index in [0.717, 1.165) is 48.5 Å². The van der Waals surface area contributed by atoms with Crippen LogP contribution in [0.1, 0.15) is 11.5 Å². The van der Waals surface area contributed by atoms with Crippen molar-refractivity contribution in [3.05, 3.63) is 46.9 Å². The van der Waals surface area contributed by atoms with Gasteiger partial charge in [0, 0.05) is 48.6 Å². The van der Waals surface area contributed by atoms with Crippen LogP contribution in [0.25, 0.3) is 5.78 Å². The van der Waals surface area contributed by atoms with Gasteiger partial charge in [0.15, 0.2) is 0 Å². The average molecular weight is 343 g/mol. The van der Waals surface area contributed by atoms with E-state index in [2.05, 4.69) is 37.0 Å². The number of nitrogens with zero attached hydrogens (tertiary/aromatic N) is 6. The summed E-state index contributed by atoms with van der Waals surface area (Å²) in [5.74, 6) is 2.47. The predicted octanol–water partition coefficient (Wildman–Crippen LogP) is 2.72. The van der Waals surface area contributed by atoms with Gasteiger partial charge in [-0.25, -0.2) is 4.98 Å². The molecule has 1 saturated heterocycles. The molecular weight excluding hydrogens is 324 g/mol. The number of piperazine rings is 1. The smallest absolute Gasteiger partial charge is 0.254 e. The largest absolute Gasteiger partial charge is 0.368 e. The molecule has 1 fully saturated rings. The summed E-state index contributed by atoms with van der Waals surface area (Å²) >= 11 is 6.11. The third kappa shape index (κ3) is 2.78. The predicted molar refractivity (Wildman–Crippen MR) is 96.1 cm³/mol. The van der Waals surface area contributed by atoms with E-state index >= 15 is 0 Å². The molecular formula is C17H19ClN6. The lowest BCUT2D eigenvalue weighted by Crippen LogP contribution is -2.47. The maximum Gasteiger partial charge on any atom is 0.254 e. The van der Waals surface area contributed by atoms with E-state index in [0.29, 0.717) is 5.78 Å². The molecule has 3 heterocycles. The van der Waals surface area contributed by atoms with Crippen LogP contribution in [0, 0.1) is 13.8 Å². The van der Waals surface area contributed by atoms with Crippen molar-refractivity contribution in [3.63, 3.8) is 0 Å². The monoisotopic (exact) mass is 342 g/mol. The van der Waals surface area contributed by atoms with Gasteiger partial charge in [0.25, 0.3) is 5.78 Å². The summed E-state index contributed by atoms with van der Waals surface area (Å²) in [5.41, 5.74) is 2.14. The van der Waals surface area contributed by atoms with Gasteiger partial charge >= 0.3 is 0 Å². The highest BCUT2D eigenvalue weighted by atomic mass is 35.5. The topological polar surface area (TPSA) is 49.6 Å². The second kappa shape index (κ2) is 5.94. The Morgan fingerprint density at radius 1 is 0.958 bits per heavy atom. The Morgan fingerprint density at radius 2 is 1.71 bits per heavy atom. The van der Waals surface area contributed by atoms with E-state index in [9.17, 15) is 0 Å². The van der Waals surface area contributed by atoms with Gasteiger partial charge in [-0.2, -0.15) is 9.50 Å². The molecule has 0 aliphatic carbocycles. The van der Waals surface area contributed by atoms with Crippen LogP contribution in [-0.2, 0) is 0 Å². The lowest BCUT2D eigenvalue weighted by Gasteiger charge is -2.37. The molecule has 7 heteroatoms. The molecule has 0 unspecified atom stereocenters. The number of hydrogen-bond acceptors (Lipinski definition) is 5. The second-order valence-electron chi connectivity index (χ2n) is 6.08. The van der Waals surface area contributed by atoms with Crippen molar-refractivity contribution in [3.8, 4) is 0 Å². The van der Waals surface area contributed by atoms with Crippen molar-refractivity contribution in [2.45, 2.75) is 13.8 Å². The van der Waals surface area contributed by atoms with E-state index in [4.69, 9.17) is 11.6 Å². The molecule has 1 aliphatic rings. The Labute approximate surface area is 145 Å². The zero-order valence-corrected chi connectivity index (χ0v) is 14.5.